The molecule has 0 saturated heterocycles. The largest absolute Gasteiger partial charge is 0.375 e. The van der Waals surface area contributed by atoms with Crippen molar-refractivity contribution in [1.29, 1.82) is 0 Å². The van der Waals surface area contributed by atoms with Gasteiger partial charge in [-0.25, -0.2) is 4.98 Å². The number of rotatable bonds is 8. The van der Waals surface area contributed by atoms with Gasteiger partial charge < -0.3 is 19.7 Å². The molecular formula is C19H27ClN4O2S. The first-order valence-corrected chi connectivity index (χ1v) is 9.91. The zero-order valence-corrected chi connectivity index (χ0v) is 18.0. The van der Waals surface area contributed by atoms with Crippen LogP contribution in [-0.2, 0) is 16.0 Å². The van der Waals surface area contributed by atoms with E-state index in [2.05, 4.69) is 20.7 Å². The molecule has 2 rings (SSSR count). The molecule has 6 nitrogen and oxygen atoms in total. The molecule has 0 aliphatic heterocycles. The van der Waals surface area contributed by atoms with Gasteiger partial charge in [0.15, 0.2) is 5.96 Å². The van der Waals surface area contributed by atoms with Gasteiger partial charge in [0.1, 0.15) is 11.1 Å². The Bertz CT molecular complexity index is 753. The highest BCUT2D eigenvalue weighted by Crippen LogP contribution is 2.21. The Hall–Kier alpha value is -1.67. The first-order valence-electron chi connectivity index (χ1n) is 8.65. The summed E-state index contributed by atoms with van der Waals surface area (Å²) in [6, 6.07) is 7.69. The third-order valence-electron chi connectivity index (χ3n) is 4.19. The maximum absolute atomic E-state index is 6.09. The van der Waals surface area contributed by atoms with E-state index >= 15 is 0 Å². The Kier molecular flexibility index (Phi) is 8.50. The van der Waals surface area contributed by atoms with Crippen LogP contribution in [0.15, 0.2) is 34.6 Å². The molecule has 2 aromatic rings. The van der Waals surface area contributed by atoms with Gasteiger partial charge in [0.25, 0.3) is 0 Å². The van der Waals surface area contributed by atoms with E-state index in [1.807, 2.05) is 43.1 Å². The van der Waals surface area contributed by atoms with Crippen molar-refractivity contribution < 1.29 is 9.47 Å². The smallest absolute Gasteiger partial charge is 0.193 e. The number of hydrogen-bond acceptors (Lipinski definition) is 5. The van der Waals surface area contributed by atoms with Gasteiger partial charge in [-0.1, -0.05) is 23.7 Å². The summed E-state index contributed by atoms with van der Waals surface area (Å²) < 4.78 is 10.9. The van der Waals surface area contributed by atoms with Gasteiger partial charge >= 0.3 is 0 Å². The van der Waals surface area contributed by atoms with Crippen molar-refractivity contribution in [2.45, 2.75) is 25.7 Å². The SMILES string of the molecule is CN=C(NCC(OC)c1cccc(Cl)c1)N(C)Cc1csc(C(C)OC)n1. The molecule has 0 aliphatic carbocycles. The molecule has 0 saturated carbocycles. The molecule has 8 heteroatoms. The number of hydrogen-bond donors (Lipinski definition) is 1. The van der Waals surface area contributed by atoms with Gasteiger partial charge in [-0.05, 0) is 24.6 Å². The molecule has 0 aliphatic rings. The van der Waals surface area contributed by atoms with Crippen LogP contribution in [-0.4, -0.2) is 50.7 Å². The highest BCUT2D eigenvalue weighted by Gasteiger charge is 2.15. The normalized spacial score (nSPS) is 14.1. The highest BCUT2D eigenvalue weighted by molar-refractivity contribution is 7.09. The molecule has 1 heterocycles. The first kappa shape index (κ1) is 21.6. The Morgan fingerprint density at radius 1 is 1.37 bits per heavy atom. The number of methoxy groups -OCH3 is 2. The molecular weight excluding hydrogens is 384 g/mol. The molecule has 2 atom stereocenters. The number of nitrogens with zero attached hydrogens (tertiary/aromatic N) is 3. The molecule has 1 aromatic carbocycles. The Morgan fingerprint density at radius 3 is 2.78 bits per heavy atom. The molecule has 0 spiro atoms. The number of nitrogens with one attached hydrogen (secondary N) is 1. The number of aliphatic imine (C=N–C) groups is 1. The number of halogens is 1. The predicted molar refractivity (Wildman–Crippen MR) is 112 cm³/mol. The average molecular weight is 411 g/mol. The van der Waals surface area contributed by atoms with E-state index in [9.17, 15) is 0 Å². The van der Waals surface area contributed by atoms with Crippen molar-refractivity contribution in [3.8, 4) is 0 Å². The van der Waals surface area contributed by atoms with E-state index in [0.29, 0.717) is 18.1 Å². The number of aromatic nitrogens is 1. The van der Waals surface area contributed by atoms with Crippen LogP contribution in [0, 0.1) is 0 Å². The molecule has 0 bridgehead atoms. The zero-order chi connectivity index (χ0) is 19.8. The van der Waals surface area contributed by atoms with Gasteiger partial charge in [-0.15, -0.1) is 11.3 Å². The van der Waals surface area contributed by atoms with Gasteiger partial charge in [-0.3, -0.25) is 4.99 Å². The number of ether oxygens (including phenoxy) is 2. The molecule has 0 amide bonds. The third kappa shape index (κ3) is 6.17. The minimum absolute atomic E-state index is 0.00616. The summed E-state index contributed by atoms with van der Waals surface area (Å²) in [4.78, 5) is 11.0. The van der Waals surface area contributed by atoms with E-state index in [1.54, 1.807) is 32.6 Å². The summed E-state index contributed by atoms with van der Waals surface area (Å²) in [6.45, 7) is 3.23. The molecule has 1 N–H and O–H groups in total. The fourth-order valence-corrected chi connectivity index (χ4v) is 3.65. The molecule has 1 aromatic heterocycles. The molecule has 2 unspecified atom stereocenters. The Morgan fingerprint density at radius 2 is 2.15 bits per heavy atom. The second-order valence-electron chi connectivity index (χ2n) is 6.12. The molecule has 0 radical (unpaired) electrons. The van der Waals surface area contributed by atoms with Crippen molar-refractivity contribution in [3.05, 3.63) is 50.9 Å². The number of guanidine groups is 1. The third-order valence-corrected chi connectivity index (χ3v) is 5.48. The van der Waals surface area contributed by atoms with Crippen molar-refractivity contribution in [1.82, 2.24) is 15.2 Å². The fraction of sp³-hybridized carbons (Fsp3) is 0.474. The maximum atomic E-state index is 6.09. The molecule has 148 valence electrons. The van der Waals surface area contributed by atoms with E-state index in [-0.39, 0.29) is 12.2 Å². The van der Waals surface area contributed by atoms with Crippen molar-refractivity contribution >= 4 is 28.9 Å². The summed E-state index contributed by atoms with van der Waals surface area (Å²) in [6.07, 6.45) is -0.117. The standard InChI is InChI=1S/C19H27ClN4O2S/c1-13(25-4)18-23-16(12-27-18)11-24(3)19(21-2)22-10-17(26-5)14-7-6-8-15(20)9-14/h6-9,12-13,17H,10-11H2,1-5H3,(H,21,22). The van der Waals surface area contributed by atoms with Gasteiger partial charge in [-0.2, -0.15) is 0 Å². The van der Waals surface area contributed by atoms with Crippen LogP contribution in [0.1, 0.15) is 35.4 Å². The van der Waals surface area contributed by atoms with Crippen LogP contribution in [0.5, 0.6) is 0 Å². The van der Waals surface area contributed by atoms with E-state index in [1.165, 1.54) is 0 Å². The second kappa shape index (κ2) is 10.6. The van der Waals surface area contributed by atoms with Crippen LogP contribution in [0.2, 0.25) is 5.02 Å². The zero-order valence-electron chi connectivity index (χ0n) is 16.4. The van der Waals surface area contributed by atoms with Gasteiger partial charge in [0, 0.05) is 45.3 Å². The summed E-state index contributed by atoms with van der Waals surface area (Å²) in [5.74, 6) is 0.772. The first-order chi connectivity index (χ1) is 13.0. The quantitative estimate of drug-likeness (QED) is 0.528. The van der Waals surface area contributed by atoms with Crippen LogP contribution in [0.25, 0.3) is 0 Å². The highest BCUT2D eigenvalue weighted by atomic mass is 35.5. The summed E-state index contributed by atoms with van der Waals surface area (Å²) in [5.41, 5.74) is 2.01. The minimum Gasteiger partial charge on any atom is -0.375 e. The van der Waals surface area contributed by atoms with Crippen molar-refractivity contribution in [2.24, 2.45) is 4.99 Å². The van der Waals surface area contributed by atoms with Crippen LogP contribution in [0.4, 0.5) is 0 Å². The van der Waals surface area contributed by atoms with Crippen LogP contribution < -0.4 is 5.32 Å². The number of thiazole rings is 1. The monoisotopic (exact) mass is 410 g/mol. The fourth-order valence-electron chi connectivity index (χ4n) is 2.61. The average Bonchev–Trinajstić information content (AvgIpc) is 3.13. The maximum Gasteiger partial charge on any atom is 0.193 e. The summed E-state index contributed by atoms with van der Waals surface area (Å²) in [5, 5.41) is 7.08. The van der Waals surface area contributed by atoms with Crippen molar-refractivity contribution in [3.63, 3.8) is 0 Å². The van der Waals surface area contributed by atoms with Crippen LogP contribution in [0.3, 0.4) is 0 Å². The van der Waals surface area contributed by atoms with E-state index in [4.69, 9.17) is 21.1 Å². The topological polar surface area (TPSA) is 59.0 Å². The summed E-state index contributed by atoms with van der Waals surface area (Å²) in [7, 11) is 7.12. The van der Waals surface area contributed by atoms with Crippen LogP contribution >= 0.6 is 22.9 Å². The lowest BCUT2D eigenvalue weighted by molar-refractivity contribution is 0.106. The number of benzene rings is 1. The van der Waals surface area contributed by atoms with Gasteiger partial charge in [0.2, 0.25) is 0 Å². The minimum atomic E-state index is -0.123. The molecule has 0 fully saturated rings. The Balaban J connectivity index is 1.96. The summed E-state index contributed by atoms with van der Waals surface area (Å²) >= 11 is 7.70. The lowest BCUT2D eigenvalue weighted by atomic mass is 10.1. The second-order valence-corrected chi connectivity index (χ2v) is 7.44. The molecule has 27 heavy (non-hydrogen) atoms. The van der Waals surface area contributed by atoms with Gasteiger partial charge in [0.05, 0.1) is 18.3 Å². The van der Waals surface area contributed by atoms with E-state index in [0.717, 1.165) is 22.2 Å². The lowest BCUT2D eigenvalue weighted by Gasteiger charge is -2.24. The Labute approximate surface area is 170 Å². The lowest BCUT2D eigenvalue weighted by Crippen LogP contribution is -2.40. The van der Waals surface area contributed by atoms with Crippen molar-refractivity contribution in [2.75, 3.05) is 34.9 Å². The predicted octanol–water partition coefficient (Wildman–Crippen LogP) is 3.90. The van der Waals surface area contributed by atoms with E-state index < -0.39 is 0 Å².